The molecule has 1 saturated carbocycles. The number of carbonyl (C=O) groups is 1. The summed E-state index contributed by atoms with van der Waals surface area (Å²) in [6.07, 6.45) is 6.57. The maximum atomic E-state index is 12.7. The predicted molar refractivity (Wildman–Crippen MR) is 87.4 cm³/mol. The Morgan fingerprint density at radius 1 is 1.00 bits per heavy atom. The molecule has 21 heavy (non-hydrogen) atoms. The lowest BCUT2D eigenvalue weighted by Crippen LogP contribution is -2.38. The molecule has 0 radical (unpaired) electrons. The maximum Gasteiger partial charge on any atom is 0.136 e. The Kier molecular flexibility index (Phi) is 3.94. The van der Waals surface area contributed by atoms with E-state index < -0.39 is 0 Å². The first-order valence-electron chi connectivity index (χ1n) is 8.59. The first kappa shape index (κ1) is 14.8. The van der Waals surface area contributed by atoms with Gasteiger partial charge in [0.2, 0.25) is 0 Å². The molecule has 3 rings (SSSR count). The molecule has 3 atom stereocenters. The van der Waals surface area contributed by atoms with Crippen molar-refractivity contribution in [3.63, 3.8) is 0 Å². The molecule has 0 bridgehead atoms. The summed E-state index contributed by atoms with van der Waals surface area (Å²) in [5.41, 5.74) is 3.15. The van der Waals surface area contributed by atoms with Crippen LogP contribution < -0.4 is 0 Å². The quantitative estimate of drug-likeness (QED) is 0.645. The van der Waals surface area contributed by atoms with Crippen molar-refractivity contribution in [2.24, 2.45) is 17.3 Å². The Bertz CT molecular complexity index is 523. The normalized spacial score (nSPS) is 30.0. The van der Waals surface area contributed by atoms with E-state index in [2.05, 4.69) is 45.0 Å². The van der Waals surface area contributed by atoms with Gasteiger partial charge in [-0.15, -0.1) is 0 Å². The summed E-state index contributed by atoms with van der Waals surface area (Å²) in [6.45, 7) is 7.06. The van der Waals surface area contributed by atoms with Crippen molar-refractivity contribution < 1.29 is 4.79 Å². The Labute approximate surface area is 129 Å². The monoisotopic (exact) mass is 284 g/mol. The van der Waals surface area contributed by atoms with E-state index in [-0.39, 0.29) is 5.41 Å². The van der Waals surface area contributed by atoms with Gasteiger partial charge in [-0.25, -0.2) is 0 Å². The van der Waals surface area contributed by atoms with Crippen LogP contribution in [0.1, 0.15) is 69.9 Å². The molecule has 0 aromatic heterocycles. The molecule has 0 aliphatic heterocycles. The molecule has 0 amide bonds. The molecule has 0 saturated heterocycles. The lowest BCUT2D eigenvalue weighted by atomic mass is 9.59. The van der Waals surface area contributed by atoms with Crippen molar-refractivity contribution >= 4 is 5.78 Å². The molecule has 114 valence electrons. The second-order valence-electron chi connectivity index (χ2n) is 8.06. The van der Waals surface area contributed by atoms with Crippen molar-refractivity contribution in [1.82, 2.24) is 0 Å². The van der Waals surface area contributed by atoms with E-state index in [1.165, 1.54) is 30.4 Å². The van der Waals surface area contributed by atoms with Gasteiger partial charge in [0.25, 0.3) is 0 Å². The fraction of sp³-hybridized carbons (Fsp3) is 0.650. The third kappa shape index (κ3) is 2.80. The molecule has 2 aliphatic rings. The minimum Gasteiger partial charge on any atom is -0.299 e. The van der Waals surface area contributed by atoms with Crippen molar-refractivity contribution in [2.75, 3.05) is 0 Å². The SMILES string of the molecule is CC(C)(C)C1c2ccccc2CCC(=O)C2CCCCC21. The summed E-state index contributed by atoms with van der Waals surface area (Å²) in [7, 11) is 0. The van der Waals surface area contributed by atoms with Gasteiger partial charge in [0.1, 0.15) is 5.78 Å². The molecule has 1 aromatic rings. The number of Topliss-reactive ketones (excluding diaryl/α,β-unsaturated/α-hetero) is 1. The molecule has 1 nitrogen and oxygen atoms in total. The number of carbonyl (C=O) groups excluding carboxylic acids is 1. The molecule has 1 fully saturated rings. The minimum absolute atomic E-state index is 0.216. The van der Waals surface area contributed by atoms with Gasteiger partial charge in [-0.05, 0) is 47.6 Å². The largest absolute Gasteiger partial charge is 0.299 e. The van der Waals surface area contributed by atoms with E-state index in [1.807, 2.05) is 0 Å². The number of benzene rings is 1. The van der Waals surface area contributed by atoms with Gasteiger partial charge < -0.3 is 0 Å². The summed E-state index contributed by atoms with van der Waals surface area (Å²) in [6, 6.07) is 8.87. The van der Waals surface area contributed by atoms with Crippen molar-refractivity contribution in [3.8, 4) is 0 Å². The van der Waals surface area contributed by atoms with Crippen LogP contribution in [0.25, 0.3) is 0 Å². The first-order valence-corrected chi connectivity index (χ1v) is 8.59. The molecule has 1 aromatic carbocycles. The summed E-state index contributed by atoms with van der Waals surface area (Å²) in [4.78, 5) is 12.7. The van der Waals surface area contributed by atoms with Crippen LogP contribution in [-0.2, 0) is 11.2 Å². The number of ketones is 1. The smallest absolute Gasteiger partial charge is 0.136 e. The van der Waals surface area contributed by atoms with Crippen LogP contribution in [0.4, 0.5) is 0 Å². The lowest BCUT2D eigenvalue weighted by Gasteiger charge is -2.45. The van der Waals surface area contributed by atoms with Crippen LogP contribution in [0.2, 0.25) is 0 Å². The van der Waals surface area contributed by atoms with Crippen molar-refractivity contribution in [3.05, 3.63) is 35.4 Å². The van der Waals surface area contributed by atoms with Gasteiger partial charge in [-0.1, -0.05) is 57.9 Å². The fourth-order valence-electron chi connectivity index (χ4n) is 4.81. The summed E-state index contributed by atoms with van der Waals surface area (Å²) < 4.78 is 0. The van der Waals surface area contributed by atoms with E-state index in [1.54, 1.807) is 0 Å². The van der Waals surface area contributed by atoms with Crippen LogP contribution in [0, 0.1) is 17.3 Å². The molecule has 0 heterocycles. The minimum atomic E-state index is 0.216. The van der Waals surface area contributed by atoms with E-state index in [9.17, 15) is 4.79 Å². The van der Waals surface area contributed by atoms with Gasteiger partial charge in [0.15, 0.2) is 0 Å². The Morgan fingerprint density at radius 2 is 1.71 bits per heavy atom. The Balaban J connectivity index is 2.11. The Hall–Kier alpha value is -1.11. The third-order valence-electron chi connectivity index (χ3n) is 5.63. The van der Waals surface area contributed by atoms with Crippen LogP contribution in [0.3, 0.4) is 0 Å². The fourth-order valence-corrected chi connectivity index (χ4v) is 4.81. The standard InChI is InChI=1S/C20H28O/c1-20(2,3)19-15-9-5-4-8-14(15)12-13-18(21)16-10-6-7-11-17(16)19/h4-5,8-9,16-17,19H,6-7,10-13H2,1-3H3. The van der Waals surface area contributed by atoms with Gasteiger partial charge in [-0.2, -0.15) is 0 Å². The maximum absolute atomic E-state index is 12.7. The van der Waals surface area contributed by atoms with Gasteiger partial charge in [0, 0.05) is 12.3 Å². The van der Waals surface area contributed by atoms with E-state index in [0.29, 0.717) is 23.5 Å². The summed E-state index contributed by atoms with van der Waals surface area (Å²) in [5.74, 6) is 1.91. The molecule has 0 N–H and O–H groups in total. The molecule has 3 unspecified atom stereocenters. The highest BCUT2D eigenvalue weighted by atomic mass is 16.1. The topological polar surface area (TPSA) is 17.1 Å². The van der Waals surface area contributed by atoms with Crippen LogP contribution in [0.5, 0.6) is 0 Å². The number of rotatable bonds is 0. The van der Waals surface area contributed by atoms with E-state index >= 15 is 0 Å². The van der Waals surface area contributed by atoms with Crippen molar-refractivity contribution in [2.45, 2.75) is 65.2 Å². The molecule has 0 spiro atoms. The first-order chi connectivity index (χ1) is 9.98. The Morgan fingerprint density at radius 3 is 2.48 bits per heavy atom. The molecule has 2 aliphatic carbocycles. The molecule has 1 heteroatoms. The average molecular weight is 284 g/mol. The van der Waals surface area contributed by atoms with Crippen LogP contribution in [-0.4, -0.2) is 5.78 Å². The third-order valence-corrected chi connectivity index (χ3v) is 5.63. The summed E-state index contributed by atoms with van der Waals surface area (Å²) >= 11 is 0. The highest BCUT2D eigenvalue weighted by molar-refractivity contribution is 5.82. The second kappa shape index (κ2) is 5.59. The number of hydrogen-bond acceptors (Lipinski definition) is 1. The zero-order chi connectivity index (χ0) is 15.0. The number of aryl methyl sites for hydroxylation is 1. The second-order valence-corrected chi connectivity index (χ2v) is 8.06. The van der Waals surface area contributed by atoms with E-state index in [0.717, 1.165) is 19.3 Å². The van der Waals surface area contributed by atoms with Crippen LogP contribution >= 0.6 is 0 Å². The lowest BCUT2D eigenvalue weighted by molar-refractivity contribution is -0.126. The number of hydrogen-bond donors (Lipinski definition) is 0. The summed E-state index contributed by atoms with van der Waals surface area (Å²) in [5, 5.41) is 0. The predicted octanol–water partition coefficient (Wildman–Crippen LogP) is 5.14. The van der Waals surface area contributed by atoms with Crippen LogP contribution in [0.15, 0.2) is 24.3 Å². The van der Waals surface area contributed by atoms with Gasteiger partial charge in [-0.3, -0.25) is 4.79 Å². The van der Waals surface area contributed by atoms with Gasteiger partial charge >= 0.3 is 0 Å². The average Bonchev–Trinajstić information content (AvgIpc) is 2.43. The molecular weight excluding hydrogens is 256 g/mol. The van der Waals surface area contributed by atoms with E-state index in [4.69, 9.17) is 0 Å². The van der Waals surface area contributed by atoms with Gasteiger partial charge in [0.05, 0.1) is 0 Å². The van der Waals surface area contributed by atoms with Crippen molar-refractivity contribution in [1.29, 1.82) is 0 Å². The highest BCUT2D eigenvalue weighted by Gasteiger charge is 2.43. The number of fused-ring (bicyclic) bond motifs is 2. The zero-order valence-corrected chi connectivity index (χ0v) is 13.7. The molecular formula is C20H28O. The highest BCUT2D eigenvalue weighted by Crippen LogP contribution is 2.51. The zero-order valence-electron chi connectivity index (χ0n) is 13.7.